The Bertz CT molecular complexity index is 519. The smallest absolute Gasteiger partial charge is 0.410 e. The number of likely N-dealkylation sites (tertiary alicyclic amines) is 1. The van der Waals surface area contributed by atoms with Crippen LogP contribution in [-0.4, -0.2) is 50.8 Å². The summed E-state index contributed by atoms with van der Waals surface area (Å²) >= 11 is 1.10. The van der Waals surface area contributed by atoms with E-state index in [2.05, 4.69) is 20.2 Å². The topological polar surface area (TPSA) is 96.5 Å². The molecule has 1 saturated heterocycles. The molecule has 0 bridgehead atoms. The summed E-state index contributed by atoms with van der Waals surface area (Å²) in [5.41, 5.74) is -0.980. The highest BCUT2D eigenvalue weighted by Crippen LogP contribution is 2.23. The van der Waals surface area contributed by atoms with Gasteiger partial charge in [-0.3, -0.25) is 5.32 Å². The number of carbonyl (C=O) groups excluding carboxylic acids is 2. The lowest BCUT2D eigenvalue weighted by Crippen LogP contribution is -2.70. The van der Waals surface area contributed by atoms with E-state index in [0.717, 1.165) is 11.5 Å². The maximum Gasteiger partial charge on any atom is 0.410 e. The number of hydrogen-bond donors (Lipinski definition) is 2. The Morgan fingerprint density at radius 3 is 2.62 bits per heavy atom. The van der Waals surface area contributed by atoms with Crippen molar-refractivity contribution in [2.75, 3.05) is 18.4 Å². The van der Waals surface area contributed by atoms with E-state index in [1.165, 1.54) is 6.20 Å². The SMILES string of the molecule is CC1(NC(=O)Nc2cnns2)CN(C(=O)OC(C)(C)C)C1. The van der Waals surface area contributed by atoms with Gasteiger partial charge >= 0.3 is 12.1 Å². The van der Waals surface area contributed by atoms with Crippen molar-refractivity contribution in [1.29, 1.82) is 0 Å². The predicted octanol–water partition coefficient (Wildman–Crippen LogP) is 1.67. The summed E-state index contributed by atoms with van der Waals surface area (Å²) in [5.74, 6) is 0. The molecule has 0 aliphatic carbocycles. The number of anilines is 1. The Labute approximate surface area is 127 Å². The molecule has 116 valence electrons. The molecule has 2 N–H and O–H groups in total. The summed E-state index contributed by atoms with van der Waals surface area (Å²) in [6.45, 7) is 8.15. The number of nitrogens with zero attached hydrogens (tertiary/aromatic N) is 3. The summed E-state index contributed by atoms with van der Waals surface area (Å²) in [6, 6.07) is -0.340. The number of aromatic nitrogens is 2. The molecule has 9 heteroatoms. The van der Waals surface area contributed by atoms with Crippen LogP contribution in [0, 0.1) is 0 Å². The fraction of sp³-hybridized carbons (Fsp3) is 0.667. The Hall–Kier alpha value is -1.90. The first-order chi connectivity index (χ1) is 9.67. The lowest BCUT2D eigenvalue weighted by molar-refractivity contribution is -0.00957. The molecule has 0 saturated carbocycles. The molecule has 0 atom stereocenters. The zero-order valence-corrected chi connectivity index (χ0v) is 13.3. The van der Waals surface area contributed by atoms with Crippen molar-refractivity contribution in [3.05, 3.63) is 6.20 Å². The molecule has 0 spiro atoms. The largest absolute Gasteiger partial charge is 0.444 e. The van der Waals surface area contributed by atoms with Gasteiger partial charge in [-0.1, -0.05) is 4.49 Å². The van der Waals surface area contributed by atoms with Gasteiger partial charge in [-0.15, -0.1) is 5.10 Å². The van der Waals surface area contributed by atoms with Crippen LogP contribution in [0.4, 0.5) is 14.6 Å². The van der Waals surface area contributed by atoms with Crippen molar-refractivity contribution in [3.8, 4) is 0 Å². The van der Waals surface area contributed by atoms with E-state index in [9.17, 15) is 9.59 Å². The summed E-state index contributed by atoms with van der Waals surface area (Å²) in [5, 5.41) is 9.67. The number of urea groups is 1. The van der Waals surface area contributed by atoms with Crippen LogP contribution in [0.5, 0.6) is 0 Å². The number of rotatable bonds is 2. The fourth-order valence-electron chi connectivity index (χ4n) is 1.97. The maximum absolute atomic E-state index is 11.8. The van der Waals surface area contributed by atoms with Crippen molar-refractivity contribution >= 4 is 28.7 Å². The molecule has 0 unspecified atom stereocenters. The van der Waals surface area contributed by atoms with Gasteiger partial charge in [0.15, 0.2) is 0 Å². The van der Waals surface area contributed by atoms with Gasteiger partial charge in [0.2, 0.25) is 0 Å². The molecular weight excluding hydrogens is 294 g/mol. The third-order valence-electron chi connectivity index (χ3n) is 2.74. The molecule has 21 heavy (non-hydrogen) atoms. The molecule has 1 fully saturated rings. The zero-order valence-electron chi connectivity index (χ0n) is 12.5. The van der Waals surface area contributed by atoms with Crippen LogP contribution < -0.4 is 10.6 Å². The Morgan fingerprint density at radius 1 is 1.43 bits per heavy atom. The highest BCUT2D eigenvalue weighted by Gasteiger charge is 2.44. The van der Waals surface area contributed by atoms with Gasteiger partial charge in [0.1, 0.15) is 10.6 Å². The van der Waals surface area contributed by atoms with Gasteiger partial charge in [-0.2, -0.15) is 0 Å². The minimum absolute atomic E-state index is 0.340. The van der Waals surface area contributed by atoms with Gasteiger partial charge in [0.25, 0.3) is 0 Å². The Balaban J connectivity index is 1.79. The maximum atomic E-state index is 11.8. The van der Waals surface area contributed by atoms with Crippen molar-refractivity contribution in [3.63, 3.8) is 0 Å². The standard InChI is InChI=1S/C12H19N5O3S/c1-11(2,3)20-10(19)17-6-12(4,7-17)15-9(18)14-8-5-13-16-21-8/h5H,6-7H2,1-4H3,(H2,14,15,18). The quantitative estimate of drug-likeness (QED) is 0.865. The minimum atomic E-state index is -0.521. The van der Waals surface area contributed by atoms with E-state index in [4.69, 9.17) is 4.74 Å². The lowest BCUT2D eigenvalue weighted by atomic mass is 9.93. The normalized spacial score (nSPS) is 16.9. The van der Waals surface area contributed by atoms with Crippen molar-refractivity contribution in [1.82, 2.24) is 19.8 Å². The molecular formula is C12H19N5O3S. The third kappa shape index (κ3) is 4.28. The molecule has 3 amide bonds. The predicted molar refractivity (Wildman–Crippen MR) is 78.3 cm³/mol. The van der Waals surface area contributed by atoms with Gasteiger partial charge < -0.3 is 15.0 Å². The monoisotopic (exact) mass is 313 g/mol. The molecule has 2 heterocycles. The molecule has 0 radical (unpaired) electrons. The first-order valence-electron chi connectivity index (χ1n) is 6.51. The Kier molecular flexibility index (Phi) is 4.04. The summed E-state index contributed by atoms with van der Waals surface area (Å²) in [7, 11) is 0. The molecule has 1 aliphatic heterocycles. The van der Waals surface area contributed by atoms with Gasteiger partial charge in [-0.25, -0.2) is 9.59 Å². The molecule has 0 aromatic carbocycles. The average molecular weight is 313 g/mol. The van der Waals surface area contributed by atoms with Crippen LogP contribution in [0.2, 0.25) is 0 Å². The fourth-order valence-corrected chi connectivity index (χ4v) is 2.39. The van der Waals surface area contributed by atoms with Gasteiger partial charge in [0.05, 0.1) is 11.7 Å². The number of amides is 3. The van der Waals surface area contributed by atoms with Crippen LogP contribution in [0.3, 0.4) is 0 Å². The van der Waals surface area contributed by atoms with Gasteiger partial charge in [0, 0.05) is 24.6 Å². The van der Waals surface area contributed by atoms with E-state index in [1.54, 1.807) is 4.90 Å². The van der Waals surface area contributed by atoms with Crippen molar-refractivity contribution < 1.29 is 14.3 Å². The number of nitrogens with one attached hydrogen (secondary N) is 2. The molecule has 8 nitrogen and oxygen atoms in total. The molecule has 1 aromatic heterocycles. The van der Waals surface area contributed by atoms with Crippen LogP contribution in [-0.2, 0) is 4.74 Å². The zero-order chi connectivity index (χ0) is 15.7. The highest BCUT2D eigenvalue weighted by atomic mass is 32.1. The van der Waals surface area contributed by atoms with E-state index in [-0.39, 0.29) is 12.1 Å². The first kappa shape index (κ1) is 15.5. The summed E-state index contributed by atoms with van der Waals surface area (Å²) in [4.78, 5) is 25.2. The van der Waals surface area contributed by atoms with E-state index in [0.29, 0.717) is 18.1 Å². The van der Waals surface area contributed by atoms with Crippen LogP contribution >= 0.6 is 11.5 Å². The van der Waals surface area contributed by atoms with Crippen LogP contribution in [0.25, 0.3) is 0 Å². The van der Waals surface area contributed by atoms with Crippen LogP contribution in [0.15, 0.2) is 6.20 Å². The number of carbonyl (C=O) groups is 2. The van der Waals surface area contributed by atoms with E-state index >= 15 is 0 Å². The lowest BCUT2D eigenvalue weighted by Gasteiger charge is -2.47. The number of ether oxygens (including phenoxy) is 1. The summed E-state index contributed by atoms with van der Waals surface area (Å²) in [6.07, 6.45) is 1.11. The van der Waals surface area contributed by atoms with Crippen molar-refractivity contribution in [2.24, 2.45) is 0 Å². The first-order valence-corrected chi connectivity index (χ1v) is 7.29. The van der Waals surface area contributed by atoms with E-state index < -0.39 is 11.1 Å². The highest BCUT2D eigenvalue weighted by molar-refractivity contribution is 7.10. The second kappa shape index (κ2) is 5.47. The second-order valence-electron chi connectivity index (χ2n) is 6.26. The van der Waals surface area contributed by atoms with Crippen LogP contribution in [0.1, 0.15) is 27.7 Å². The number of hydrogen-bond acceptors (Lipinski definition) is 6. The molecule has 1 aromatic rings. The Morgan fingerprint density at radius 2 is 2.10 bits per heavy atom. The van der Waals surface area contributed by atoms with Gasteiger partial charge in [-0.05, 0) is 27.7 Å². The second-order valence-corrected chi connectivity index (χ2v) is 7.04. The molecule has 2 rings (SSSR count). The molecule has 1 aliphatic rings. The summed E-state index contributed by atoms with van der Waals surface area (Å²) < 4.78 is 8.92. The third-order valence-corrected chi connectivity index (χ3v) is 3.32. The average Bonchev–Trinajstić information content (AvgIpc) is 2.75. The minimum Gasteiger partial charge on any atom is -0.444 e. The van der Waals surface area contributed by atoms with E-state index in [1.807, 2.05) is 27.7 Å². The van der Waals surface area contributed by atoms with Crippen molar-refractivity contribution in [2.45, 2.75) is 38.8 Å².